The molecule has 6 nitrogen and oxygen atoms in total. The van der Waals surface area contributed by atoms with Crippen LogP contribution < -0.4 is 19.5 Å². The molecule has 0 saturated heterocycles. The van der Waals surface area contributed by atoms with E-state index in [2.05, 4.69) is 5.32 Å². The van der Waals surface area contributed by atoms with E-state index >= 15 is 0 Å². The molecular formula is C12H14N2O4. The number of benzene rings is 1. The fourth-order valence-electron chi connectivity index (χ4n) is 1.39. The predicted molar refractivity (Wildman–Crippen MR) is 65.0 cm³/mol. The van der Waals surface area contributed by atoms with E-state index in [0.717, 1.165) is 0 Å². The highest BCUT2D eigenvalue weighted by atomic mass is 16.5. The number of nitrogens with zero attached hydrogens (tertiary/aromatic N) is 1. The number of anilines is 1. The second kappa shape index (κ2) is 6.35. The Morgan fingerprint density at radius 1 is 1.17 bits per heavy atom. The maximum atomic E-state index is 11.4. The topological polar surface area (TPSA) is 80.6 Å². The van der Waals surface area contributed by atoms with Crippen LogP contribution in [0, 0.1) is 11.3 Å². The molecule has 18 heavy (non-hydrogen) atoms. The molecule has 0 fully saturated rings. The summed E-state index contributed by atoms with van der Waals surface area (Å²) in [5, 5.41) is 11.0. The zero-order chi connectivity index (χ0) is 13.5. The van der Waals surface area contributed by atoms with Gasteiger partial charge in [-0.15, -0.1) is 0 Å². The van der Waals surface area contributed by atoms with Crippen LogP contribution in [-0.2, 0) is 4.79 Å². The molecule has 1 rings (SSSR count). The maximum absolute atomic E-state index is 11.4. The van der Waals surface area contributed by atoms with Crippen molar-refractivity contribution < 1.29 is 19.0 Å². The van der Waals surface area contributed by atoms with Gasteiger partial charge in [-0.2, -0.15) is 5.26 Å². The van der Waals surface area contributed by atoms with Gasteiger partial charge in [-0.1, -0.05) is 0 Å². The summed E-state index contributed by atoms with van der Waals surface area (Å²) in [6.45, 7) is 0. The summed E-state index contributed by atoms with van der Waals surface area (Å²) >= 11 is 0. The third-order valence-corrected chi connectivity index (χ3v) is 2.22. The van der Waals surface area contributed by atoms with Gasteiger partial charge in [0, 0.05) is 12.1 Å². The lowest BCUT2D eigenvalue weighted by Crippen LogP contribution is -2.11. The van der Waals surface area contributed by atoms with Crippen molar-refractivity contribution in [2.24, 2.45) is 0 Å². The summed E-state index contributed by atoms with van der Waals surface area (Å²) in [4.78, 5) is 11.4. The fraction of sp³-hybridized carbons (Fsp3) is 0.333. The lowest BCUT2D eigenvalue weighted by atomic mass is 10.2. The third kappa shape index (κ3) is 3.04. The Bertz CT molecular complexity index is 480. The highest BCUT2D eigenvalue weighted by Crippen LogP contribution is 2.37. The third-order valence-electron chi connectivity index (χ3n) is 2.22. The van der Waals surface area contributed by atoms with Crippen LogP contribution in [0.15, 0.2) is 12.1 Å². The van der Waals surface area contributed by atoms with Crippen LogP contribution in [0.25, 0.3) is 0 Å². The van der Waals surface area contributed by atoms with Crippen LogP contribution >= 0.6 is 0 Å². The van der Waals surface area contributed by atoms with E-state index in [-0.39, 0.29) is 6.42 Å². The molecule has 0 bridgehead atoms. The van der Waals surface area contributed by atoms with E-state index in [1.54, 1.807) is 18.2 Å². The molecule has 0 heterocycles. The van der Waals surface area contributed by atoms with Crippen LogP contribution in [0.3, 0.4) is 0 Å². The first-order chi connectivity index (χ1) is 8.65. The van der Waals surface area contributed by atoms with Crippen molar-refractivity contribution in [3.05, 3.63) is 12.1 Å². The van der Waals surface area contributed by atoms with Crippen molar-refractivity contribution >= 4 is 11.6 Å². The minimum absolute atomic E-state index is 0.225. The predicted octanol–water partition coefficient (Wildman–Crippen LogP) is 1.56. The van der Waals surface area contributed by atoms with E-state index in [0.29, 0.717) is 22.9 Å². The Balaban J connectivity index is 3.10. The number of hydrogen-bond acceptors (Lipinski definition) is 5. The SMILES string of the molecule is COc1cc(OC)c(OC)cc1NC(=O)CC#N. The quantitative estimate of drug-likeness (QED) is 0.857. The van der Waals surface area contributed by atoms with Gasteiger partial charge in [0.2, 0.25) is 5.91 Å². The zero-order valence-electron chi connectivity index (χ0n) is 10.4. The van der Waals surface area contributed by atoms with Crippen LogP contribution in [0.5, 0.6) is 17.2 Å². The summed E-state index contributed by atoms with van der Waals surface area (Å²) in [5.41, 5.74) is 0.426. The number of methoxy groups -OCH3 is 3. The molecule has 0 radical (unpaired) electrons. The van der Waals surface area contributed by atoms with E-state index in [9.17, 15) is 4.79 Å². The molecule has 0 aromatic heterocycles. The van der Waals surface area contributed by atoms with Gasteiger partial charge in [0.15, 0.2) is 11.5 Å². The number of rotatable bonds is 5. The van der Waals surface area contributed by atoms with Crippen molar-refractivity contribution in [1.29, 1.82) is 5.26 Å². The summed E-state index contributed by atoms with van der Waals surface area (Å²) in [6, 6.07) is 4.94. The molecule has 1 aromatic rings. The van der Waals surface area contributed by atoms with Crippen molar-refractivity contribution in [2.75, 3.05) is 26.6 Å². The average molecular weight is 250 g/mol. The van der Waals surface area contributed by atoms with Gasteiger partial charge in [-0.3, -0.25) is 4.79 Å². The molecule has 0 aliphatic carbocycles. The Morgan fingerprint density at radius 3 is 2.22 bits per heavy atom. The molecule has 96 valence electrons. The molecule has 0 unspecified atom stereocenters. The van der Waals surface area contributed by atoms with Gasteiger partial charge >= 0.3 is 0 Å². The monoisotopic (exact) mass is 250 g/mol. The molecule has 1 aromatic carbocycles. The van der Waals surface area contributed by atoms with E-state index in [1.165, 1.54) is 21.3 Å². The standard InChI is InChI=1S/C12H14N2O4/c1-16-9-7-11(18-3)10(17-2)6-8(9)14-12(15)4-5-13/h6-7H,4H2,1-3H3,(H,14,15). The van der Waals surface area contributed by atoms with Crippen molar-refractivity contribution in [3.63, 3.8) is 0 Å². The molecule has 1 N–H and O–H groups in total. The number of hydrogen-bond donors (Lipinski definition) is 1. The summed E-state index contributed by atoms with van der Waals surface area (Å²) in [6.07, 6.45) is -0.225. The van der Waals surface area contributed by atoms with Gasteiger partial charge in [0.1, 0.15) is 12.2 Å². The molecule has 0 spiro atoms. The lowest BCUT2D eigenvalue weighted by Gasteiger charge is -2.14. The molecule has 0 aliphatic rings. The second-order valence-electron chi connectivity index (χ2n) is 3.29. The number of nitrogens with one attached hydrogen (secondary N) is 1. The molecular weight excluding hydrogens is 236 g/mol. The van der Waals surface area contributed by atoms with Gasteiger partial charge in [-0.05, 0) is 0 Å². The van der Waals surface area contributed by atoms with Crippen molar-refractivity contribution in [3.8, 4) is 23.3 Å². The molecule has 0 atom stereocenters. The molecule has 0 saturated carbocycles. The highest BCUT2D eigenvalue weighted by Gasteiger charge is 2.13. The minimum Gasteiger partial charge on any atom is -0.494 e. The number of carbonyl (C=O) groups is 1. The Hall–Kier alpha value is -2.42. The van der Waals surface area contributed by atoms with Crippen LogP contribution in [0.1, 0.15) is 6.42 Å². The lowest BCUT2D eigenvalue weighted by molar-refractivity contribution is -0.115. The Morgan fingerprint density at radius 2 is 1.72 bits per heavy atom. The van der Waals surface area contributed by atoms with Crippen LogP contribution in [0.4, 0.5) is 5.69 Å². The number of carbonyl (C=O) groups excluding carboxylic acids is 1. The first-order valence-corrected chi connectivity index (χ1v) is 5.13. The number of amides is 1. The van der Waals surface area contributed by atoms with E-state index < -0.39 is 5.91 Å². The first-order valence-electron chi connectivity index (χ1n) is 5.13. The van der Waals surface area contributed by atoms with E-state index in [4.69, 9.17) is 19.5 Å². The molecule has 0 aliphatic heterocycles. The normalized spacial score (nSPS) is 9.22. The van der Waals surface area contributed by atoms with Gasteiger partial charge in [-0.25, -0.2) is 0 Å². The average Bonchev–Trinajstić information content (AvgIpc) is 2.38. The van der Waals surface area contributed by atoms with Crippen molar-refractivity contribution in [1.82, 2.24) is 0 Å². The Kier molecular flexibility index (Phi) is 4.81. The maximum Gasteiger partial charge on any atom is 0.238 e. The fourth-order valence-corrected chi connectivity index (χ4v) is 1.39. The summed E-state index contributed by atoms with van der Waals surface area (Å²) in [5.74, 6) is 0.972. The number of ether oxygens (including phenoxy) is 3. The molecule has 6 heteroatoms. The summed E-state index contributed by atoms with van der Waals surface area (Å²) < 4.78 is 15.4. The van der Waals surface area contributed by atoms with E-state index in [1.807, 2.05) is 0 Å². The minimum atomic E-state index is -0.414. The van der Waals surface area contributed by atoms with Crippen LogP contribution in [-0.4, -0.2) is 27.2 Å². The van der Waals surface area contributed by atoms with Gasteiger partial charge in [0.25, 0.3) is 0 Å². The zero-order valence-corrected chi connectivity index (χ0v) is 10.4. The van der Waals surface area contributed by atoms with Gasteiger partial charge in [0.05, 0.1) is 33.1 Å². The highest BCUT2D eigenvalue weighted by molar-refractivity contribution is 5.94. The van der Waals surface area contributed by atoms with Crippen molar-refractivity contribution in [2.45, 2.75) is 6.42 Å². The summed E-state index contributed by atoms with van der Waals surface area (Å²) in [7, 11) is 4.47. The molecule has 1 amide bonds. The van der Waals surface area contributed by atoms with Crippen LogP contribution in [0.2, 0.25) is 0 Å². The smallest absolute Gasteiger partial charge is 0.238 e. The second-order valence-corrected chi connectivity index (χ2v) is 3.29. The first kappa shape index (κ1) is 13.6. The number of nitriles is 1. The van der Waals surface area contributed by atoms with Gasteiger partial charge < -0.3 is 19.5 Å². The Labute approximate surface area is 105 Å². The largest absolute Gasteiger partial charge is 0.494 e.